The van der Waals surface area contributed by atoms with E-state index in [1.54, 1.807) is 16.2 Å². The first-order valence-corrected chi connectivity index (χ1v) is 7.84. The van der Waals surface area contributed by atoms with Crippen LogP contribution in [0.3, 0.4) is 0 Å². The van der Waals surface area contributed by atoms with Gasteiger partial charge in [0.1, 0.15) is 0 Å². The molecule has 102 valence electrons. The number of rotatable bonds is 4. The van der Waals surface area contributed by atoms with E-state index in [0.29, 0.717) is 19.5 Å². The van der Waals surface area contributed by atoms with Gasteiger partial charge in [-0.25, -0.2) is 4.98 Å². The predicted molar refractivity (Wildman–Crippen MR) is 79.9 cm³/mol. The third-order valence-corrected chi connectivity index (χ3v) is 4.86. The Morgan fingerprint density at radius 2 is 2.45 bits per heavy atom. The fraction of sp³-hybridized carbons (Fsp3) is 0.333. The first-order valence-electron chi connectivity index (χ1n) is 6.08. The number of hydrogen-bond donors (Lipinski definition) is 0. The van der Waals surface area contributed by atoms with Crippen molar-refractivity contribution in [3.8, 4) is 10.6 Å². The van der Waals surface area contributed by atoms with Gasteiger partial charge in [-0.1, -0.05) is 11.2 Å². The maximum atomic E-state index is 12.0. The molecule has 0 radical (unpaired) electrons. The van der Waals surface area contributed by atoms with Gasteiger partial charge in [0.25, 0.3) is 0 Å². The number of carbonyl (C=O) groups is 1. The van der Waals surface area contributed by atoms with Crippen molar-refractivity contribution in [2.24, 2.45) is 11.0 Å². The van der Waals surface area contributed by atoms with Crippen LogP contribution in [0.4, 0.5) is 5.13 Å². The SMILES string of the molecule is [N-]=[N+]=NCC1CC(=O)N(c2nc(-c3cccs3)cs2)C1. The molecular weight excluding hydrogens is 294 g/mol. The Labute approximate surface area is 123 Å². The van der Waals surface area contributed by atoms with Crippen molar-refractivity contribution in [1.82, 2.24) is 4.98 Å². The van der Waals surface area contributed by atoms with Gasteiger partial charge in [-0.3, -0.25) is 9.69 Å². The number of hydrogen-bond acceptors (Lipinski definition) is 5. The van der Waals surface area contributed by atoms with Crippen molar-refractivity contribution in [3.05, 3.63) is 33.3 Å². The van der Waals surface area contributed by atoms with E-state index in [-0.39, 0.29) is 11.8 Å². The Balaban J connectivity index is 1.76. The molecule has 1 atom stereocenters. The van der Waals surface area contributed by atoms with Crippen LogP contribution in [-0.4, -0.2) is 24.0 Å². The maximum absolute atomic E-state index is 12.0. The number of amides is 1. The molecule has 6 nitrogen and oxygen atoms in total. The van der Waals surface area contributed by atoms with Crippen LogP contribution in [0.25, 0.3) is 21.0 Å². The second-order valence-electron chi connectivity index (χ2n) is 4.48. The van der Waals surface area contributed by atoms with Gasteiger partial charge in [0.2, 0.25) is 5.91 Å². The van der Waals surface area contributed by atoms with Crippen molar-refractivity contribution in [3.63, 3.8) is 0 Å². The van der Waals surface area contributed by atoms with E-state index in [1.807, 2.05) is 22.9 Å². The summed E-state index contributed by atoms with van der Waals surface area (Å²) < 4.78 is 0. The minimum absolute atomic E-state index is 0.0511. The normalized spacial score (nSPS) is 18.3. The predicted octanol–water partition coefficient (Wildman–Crippen LogP) is 3.53. The van der Waals surface area contributed by atoms with E-state index >= 15 is 0 Å². The van der Waals surface area contributed by atoms with Crippen molar-refractivity contribution in [2.45, 2.75) is 6.42 Å². The lowest BCUT2D eigenvalue weighted by Gasteiger charge is -2.11. The molecule has 20 heavy (non-hydrogen) atoms. The molecule has 0 bridgehead atoms. The first kappa shape index (κ1) is 13.1. The molecule has 0 aliphatic carbocycles. The minimum atomic E-state index is 0.0511. The second-order valence-corrected chi connectivity index (χ2v) is 6.26. The summed E-state index contributed by atoms with van der Waals surface area (Å²) in [5.41, 5.74) is 9.24. The third-order valence-electron chi connectivity index (χ3n) is 3.10. The van der Waals surface area contributed by atoms with Gasteiger partial charge in [-0.2, -0.15) is 0 Å². The molecule has 0 saturated carbocycles. The topological polar surface area (TPSA) is 82.0 Å². The van der Waals surface area contributed by atoms with Crippen LogP contribution < -0.4 is 4.90 Å². The molecule has 1 aliphatic rings. The number of anilines is 1. The van der Waals surface area contributed by atoms with E-state index in [4.69, 9.17) is 5.53 Å². The van der Waals surface area contributed by atoms with Gasteiger partial charge in [0, 0.05) is 29.8 Å². The fourth-order valence-corrected chi connectivity index (χ4v) is 3.78. The monoisotopic (exact) mass is 305 g/mol. The highest BCUT2D eigenvalue weighted by Gasteiger charge is 2.31. The smallest absolute Gasteiger partial charge is 0.229 e. The quantitative estimate of drug-likeness (QED) is 0.492. The Morgan fingerprint density at radius 3 is 3.20 bits per heavy atom. The van der Waals surface area contributed by atoms with Crippen molar-refractivity contribution < 1.29 is 4.79 Å². The Bertz CT molecular complexity index is 659. The number of nitrogens with zero attached hydrogens (tertiary/aromatic N) is 5. The summed E-state index contributed by atoms with van der Waals surface area (Å²) in [5.74, 6) is 0.141. The second kappa shape index (κ2) is 5.62. The molecule has 2 aromatic heterocycles. The van der Waals surface area contributed by atoms with Crippen molar-refractivity contribution >= 4 is 33.7 Å². The number of thiazole rings is 1. The number of carbonyl (C=O) groups excluding carboxylic acids is 1. The van der Waals surface area contributed by atoms with Gasteiger partial charge in [-0.05, 0) is 22.9 Å². The van der Waals surface area contributed by atoms with Crippen LogP contribution in [0.15, 0.2) is 28.0 Å². The molecule has 3 heterocycles. The molecule has 2 aromatic rings. The summed E-state index contributed by atoms with van der Waals surface area (Å²) in [4.78, 5) is 22.1. The molecule has 1 unspecified atom stereocenters. The largest absolute Gasteiger partial charge is 0.288 e. The molecule has 1 fully saturated rings. The summed E-state index contributed by atoms with van der Waals surface area (Å²) in [5, 5.41) is 8.25. The third kappa shape index (κ3) is 2.53. The molecule has 0 N–H and O–H groups in total. The van der Waals surface area contributed by atoms with E-state index in [2.05, 4.69) is 15.0 Å². The standard InChI is InChI=1S/C12H11N5OS2/c13-16-14-5-8-4-11(18)17(6-8)12-15-9(7-20-12)10-2-1-3-19-10/h1-3,7-8H,4-6H2. The van der Waals surface area contributed by atoms with Gasteiger partial charge < -0.3 is 0 Å². The first-order chi connectivity index (χ1) is 9.78. The number of aromatic nitrogens is 1. The Kier molecular flexibility index (Phi) is 3.68. The van der Waals surface area contributed by atoms with Crippen LogP contribution >= 0.6 is 22.7 Å². The highest BCUT2D eigenvalue weighted by atomic mass is 32.1. The lowest BCUT2D eigenvalue weighted by atomic mass is 10.1. The van der Waals surface area contributed by atoms with Crippen LogP contribution in [0.5, 0.6) is 0 Å². The van der Waals surface area contributed by atoms with Gasteiger partial charge in [0.05, 0.1) is 10.6 Å². The summed E-state index contributed by atoms with van der Waals surface area (Å²) >= 11 is 3.10. The molecule has 1 amide bonds. The average molecular weight is 305 g/mol. The molecule has 0 spiro atoms. The van der Waals surface area contributed by atoms with Gasteiger partial charge in [0.15, 0.2) is 5.13 Å². The lowest BCUT2D eigenvalue weighted by molar-refractivity contribution is -0.117. The van der Waals surface area contributed by atoms with Crippen LogP contribution in [0, 0.1) is 5.92 Å². The highest BCUT2D eigenvalue weighted by molar-refractivity contribution is 7.16. The van der Waals surface area contributed by atoms with Crippen LogP contribution in [0.1, 0.15) is 6.42 Å². The molecule has 3 rings (SSSR count). The fourth-order valence-electron chi connectivity index (χ4n) is 2.17. The number of azide groups is 1. The van der Waals surface area contributed by atoms with Crippen molar-refractivity contribution in [1.29, 1.82) is 0 Å². The van der Waals surface area contributed by atoms with Gasteiger partial charge in [-0.15, -0.1) is 22.7 Å². The van der Waals surface area contributed by atoms with Crippen LogP contribution in [-0.2, 0) is 4.79 Å². The molecule has 1 saturated heterocycles. The van der Waals surface area contributed by atoms with Crippen LogP contribution in [0.2, 0.25) is 0 Å². The Morgan fingerprint density at radius 1 is 1.55 bits per heavy atom. The van der Waals surface area contributed by atoms with E-state index in [1.165, 1.54) is 11.3 Å². The number of thiophene rings is 1. The van der Waals surface area contributed by atoms with Crippen molar-refractivity contribution in [2.75, 3.05) is 18.0 Å². The summed E-state index contributed by atoms with van der Waals surface area (Å²) in [6.07, 6.45) is 0.424. The van der Waals surface area contributed by atoms with E-state index in [0.717, 1.165) is 15.7 Å². The minimum Gasteiger partial charge on any atom is -0.288 e. The molecule has 8 heteroatoms. The summed E-state index contributed by atoms with van der Waals surface area (Å²) in [6, 6.07) is 4.00. The highest BCUT2D eigenvalue weighted by Crippen LogP contribution is 2.33. The summed E-state index contributed by atoms with van der Waals surface area (Å²) in [6.45, 7) is 0.942. The average Bonchev–Trinajstić information content (AvgIpc) is 3.16. The maximum Gasteiger partial charge on any atom is 0.229 e. The summed E-state index contributed by atoms with van der Waals surface area (Å²) in [7, 11) is 0. The molecule has 1 aliphatic heterocycles. The molecule has 0 aromatic carbocycles. The zero-order valence-electron chi connectivity index (χ0n) is 10.5. The zero-order chi connectivity index (χ0) is 13.9. The van der Waals surface area contributed by atoms with E-state index in [9.17, 15) is 4.79 Å². The van der Waals surface area contributed by atoms with Gasteiger partial charge >= 0.3 is 0 Å². The van der Waals surface area contributed by atoms with E-state index < -0.39 is 0 Å². The lowest BCUT2D eigenvalue weighted by Crippen LogP contribution is -2.24. The molecular formula is C12H11N5OS2. The Hall–Kier alpha value is -1.89. The zero-order valence-corrected chi connectivity index (χ0v) is 12.1.